The van der Waals surface area contributed by atoms with Gasteiger partial charge >= 0.3 is 5.63 Å². The molecule has 0 aliphatic heterocycles. The average molecular weight is 483 g/mol. The monoisotopic (exact) mass is 482 g/mol. The number of aryl methyl sites for hydroxylation is 1. The number of benzene rings is 3. The first-order valence-corrected chi connectivity index (χ1v) is 12.2. The normalized spacial score (nSPS) is 12.1. The van der Waals surface area contributed by atoms with E-state index < -0.39 is 5.63 Å². The SMILES string of the molecule is O=c1oc2c(c(N(c3ccccc3)c3ccccc3)c1Cl)CCc1nc(-c3ccccc3)sc1-2. The molecular formula is C28H19ClN2O2S. The van der Waals surface area contributed by atoms with Gasteiger partial charge in [0.05, 0.1) is 16.3 Å². The molecule has 4 nitrogen and oxygen atoms in total. The van der Waals surface area contributed by atoms with Crippen molar-refractivity contribution in [2.75, 3.05) is 4.90 Å². The third-order valence-corrected chi connectivity index (χ3v) is 7.41. The van der Waals surface area contributed by atoms with Gasteiger partial charge in [-0.2, -0.15) is 0 Å². The van der Waals surface area contributed by atoms with Crippen molar-refractivity contribution in [1.82, 2.24) is 4.98 Å². The Kier molecular flexibility index (Phi) is 5.28. The van der Waals surface area contributed by atoms with Crippen LogP contribution < -0.4 is 10.5 Å². The van der Waals surface area contributed by atoms with Gasteiger partial charge in [-0.15, -0.1) is 11.3 Å². The molecule has 6 heteroatoms. The van der Waals surface area contributed by atoms with Crippen molar-refractivity contribution in [3.05, 3.63) is 118 Å². The van der Waals surface area contributed by atoms with Crippen LogP contribution in [0.5, 0.6) is 0 Å². The lowest BCUT2D eigenvalue weighted by molar-refractivity contribution is 0.517. The Balaban J connectivity index is 1.59. The lowest BCUT2D eigenvalue weighted by Crippen LogP contribution is -2.19. The first-order chi connectivity index (χ1) is 16.7. The second-order valence-corrected chi connectivity index (χ2v) is 9.40. The molecule has 1 aliphatic carbocycles. The Labute approximate surface area is 205 Å². The number of hydrogen-bond donors (Lipinski definition) is 0. The van der Waals surface area contributed by atoms with Gasteiger partial charge < -0.3 is 9.32 Å². The fourth-order valence-electron chi connectivity index (χ4n) is 4.39. The Morgan fingerprint density at radius 2 is 1.41 bits per heavy atom. The van der Waals surface area contributed by atoms with Crippen molar-refractivity contribution in [3.8, 4) is 21.2 Å². The zero-order chi connectivity index (χ0) is 23.1. The summed E-state index contributed by atoms with van der Waals surface area (Å²) in [5.74, 6) is 0.571. The fraction of sp³-hybridized carbons (Fsp3) is 0.0714. The summed E-state index contributed by atoms with van der Waals surface area (Å²) in [6.45, 7) is 0. The molecule has 6 rings (SSSR count). The molecule has 0 amide bonds. The Bertz CT molecular complexity index is 1490. The zero-order valence-electron chi connectivity index (χ0n) is 18.1. The van der Waals surface area contributed by atoms with Crippen molar-refractivity contribution in [1.29, 1.82) is 0 Å². The van der Waals surface area contributed by atoms with E-state index in [-0.39, 0.29) is 5.02 Å². The molecule has 0 bridgehead atoms. The van der Waals surface area contributed by atoms with E-state index in [0.717, 1.165) is 44.5 Å². The minimum Gasteiger partial charge on any atom is -0.420 e. The summed E-state index contributed by atoms with van der Waals surface area (Å²) in [7, 11) is 0. The average Bonchev–Trinajstić information content (AvgIpc) is 3.33. The van der Waals surface area contributed by atoms with Gasteiger partial charge in [0.25, 0.3) is 0 Å². The number of anilines is 3. The molecule has 3 aromatic carbocycles. The molecular weight excluding hydrogens is 464 g/mol. The van der Waals surface area contributed by atoms with Crippen LogP contribution in [0.25, 0.3) is 21.2 Å². The highest BCUT2D eigenvalue weighted by Crippen LogP contribution is 2.47. The van der Waals surface area contributed by atoms with E-state index in [1.807, 2.05) is 95.9 Å². The molecule has 0 spiro atoms. The van der Waals surface area contributed by atoms with Crippen molar-refractivity contribution in [2.24, 2.45) is 0 Å². The fourth-order valence-corrected chi connectivity index (χ4v) is 5.76. The van der Waals surface area contributed by atoms with Gasteiger partial charge in [-0.3, -0.25) is 0 Å². The summed E-state index contributed by atoms with van der Waals surface area (Å²) >= 11 is 8.25. The third kappa shape index (κ3) is 3.54. The number of halogens is 1. The van der Waals surface area contributed by atoms with Gasteiger partial charge in [0.15, 0.2) is 10.8 Å². The maximum absolute atomic E-state index is 13.0. The zero-order valence-corrected chi connectivity index (χ0v) is 19.6. The van der Waals surface area contributed by atoms with Crippen LogP contribution in [0.1, 0.15) is 11.3 Å². The van der Waals surface area contributed by atoms with Gasteiger partial charge in [0.1, 0.15) is 5.01 Å². The summed E-state index contributed by atoms with van der Waals surface area (Å²) in [5, 5.41) is 1.00. The highest BCUT2D eigenvalue weighted by molar-refractivity contribution is 7.18. The molecule has 166 valence electrons. The number of thiazole rings is 1. The lowest BCUT2D eigenvalue weighted by Gasteiger charge is -2.29. The van der Waals surface area contributed by atoms with Crippen LogP contribution >= 0.6 is 22.9 Å². The second-order valence-electron chi connectivity index (χ2n) is 8.03. The lowest BCUT2D eigenvalue weighted by atomic mass is 9.96. The highest BCUT2D eigenvalue weighted by atomic mass is 35.5. The molecule has 0 N–H and O–H groups in total. The third-order valence-electron chi connectivity index (χ3n) is 5.93. The molecule has 1 aliphatic rings. The van der Waals surface area contributed by atoms with Gasteiger partial charge in [0, 0.05) is 22.5 Å². The summed E-state index contributed by atoms with van der Waals surface area (Å²) in [6, 6.07) is 30.0. The molecule has 5 aromatic rings. The van der Waals surface area contributed by atoms with E-state index in [9.17, 15) is 4.79 Å². The van der Waals surface area contributed by atoms with E-state index >= 15 is 0 Å². The van der Waals surface area contributed by atoms with Crippen molar-refractivity contribution in [2.45, 2.75) is 12.8 Å². The van der Waals surface area contributed by atoms with Crippen LogP contribution in [0.3, 0.4) is 0 Å². The molecule has 0 unspecified atom stereocenters. The van der Waals surface area contributed by atoms with Crippen LogP contribution in [0.15, 0.2) is 100 Å². The maximum atomic E-state index is 13.0. The first kappa shape index (κ1) is 20.9. The Morgan fingerprint density at radius 3 is 2.03 bits per heavy atom. The molecule has 0 radical (unpaired) electrons. The second kappa shape index (κ2) is 8.60. The van der Waals surface area contributed by atoms with Crippen LogP contribution in [0, 0.1) is 0 Å². The van der Waals surface area contributed by atoms with Gasteiger partial charge in [-0.05, 0) is 37.1 Å². The predicted molar refractivity (Wildman–Crippen MR) is 139 cm³/mol. The summed E-state index contributed by atoms with van der Waals surface area (Å²) in [5.41, 5.74) is 4.90. The van der Waals surface area contributed by atoms with Crippen LogP contribution in [-0.4, -0.2) is 4.98 Å². The molecule has 0 atom stereocenters. The summed E-state index contributed by atoms with van der Waals surface area (Å²) in [6.07, 6.45) is 1.43. The van der Waals surface area contributed by atoms with Crippen LogP contribution in [-0.2, 0) is 12.8 Å². The molecule has 0 saturated carbocycles. The van der Waals surface area contributed by atoms with Crippen molar-refractivity contribution >= 4 is 40.0 Å². The minimum absolute atomic E-state index is 0.0858. The van der Waals surface area contributed by atoms with E-state index in [2.05, 4.69) is 0 Å². The standard InChI is InChI=1S/C28H19ClN2O2S/c29-23-24(31(19-12-6-2-7-13-19)20-14-8-3-9-15-20)21-16-17-22-26(25(21)33-28(23)32)34-27(30-22)18-10-4-1-5-11-18/h1-15H,16-17H2. The number of aromatic nitrogens is 1. The quantitative estimate of drug-likeness (QED) is 0.264. The largest absolute Gasteiger partial charge is 0.420 e. The number of nitrogens with zero attached hydrogens (tertiary/aromatic N) is 2. The molecule has 2 aromatic heterocycles. The predicted octanol–water partition coefficient (Wildman–Crippen LogP) is 7.65. The van der Waals surface area contributed by atoms with Crippen molar-refractivity contribution in [3.63, 3.8) is 0 Å². The van der Waals surface area contributed by atoms with Crippen LogP contribution in [0.2, 0.25) is 5.02 Å². The Morgan fingerprint density at radius 1 is 0.824 bits per heavy atom. The smallest absolute Gasteiger partial charge is 0.357 e. The van der Waals surface area contributed by atoms with Gasteiger partial charge in [-0.25, -0.2) is 9.78 Å². The minimum atomic E-state index is -0.546. The topological polar surface area (TPSA) is 46.3 Å². The number of hydrogen-bond acceptors (Lipinski definition) is 5. The highest BCUT2D eigenvalue weighted by Gasteiger charge is 2.31. The first-order valence-electron chi connectivity index (χ1n) is 11.0. The van der Waals surface area contributed by atoms with Gasteiger partial charge in [0.2, 0.25) is 0 Å². The summed E-state index contributed by atoms with van der Waals surface area (Å²) in [4.78, 5) is 20.8. The van der Waals surface area contributed by atoms with E-state index in [1.54, 1.807) is 11.3 Å². The van der Waals surface area contributed by atoms with Crippen molar-refractivity contribution < 1.29 is 4.42 Å². The van der Waals surface area contributed by atoms with E-state index in [1.165, 1.54) is 0 Å². The van der Waals surface area contributed by atoms with E-state index in [4.69, 9.17) is 21.0 Å². The van der Waals surface area contributed by atoms with Crippen LogP contribution in [0.4, 0.5) is 17.1 Å². The maximum Gasteiger partial charge on any atom is 0.357 e. The number of fused-ring (bicyclic) bond motifs is 3. The Hall–Kier alpha value is -3.67. The number of rotatable bonds is 4. The van der Waals surface area contributed by atoms with E-state index in [0.29, 0.717) is 17.9 Å². The molecule has 2 heterocycles. The number of para-hydroxylation sites is 2. The molecule has 34 heavy (non-hydrogen) atoms. The van der Waals surface area contributed by atoms with Gasteiger partial charge in [-0.1, -0.05) is 78.3 Å². The molecule has 0 saturated heterocycles. The summed E-state index contributed by atoms with van der Waals surface area (Å²) < 4.78 is 5.82. The molecule has 0 fully saturated rings.